The predicted octanol–water partition coefficient (Wildman–Crippen LogP) is 2.61. The van der Waals surface area contributed by atoms with E-state index in [-0.39, 0.29) is 27.0 Å². The van der Waals surface area contributed by atoms with Crippen LogP contribution in [0.1, 0.15) is 20.8 Å². The van der Waals surface area contributed by atoms with Crippen LogP contribution in [0, 0.1) is 0 Å². The van der Waals surface area contributed by atoms with Crippen LogP contribution in [-0.2, 0) is 4.74 Å². The van der Waals surface area contributed by atoms with Crippen molar-refractivity contribution in [2.24, 2.45) is 0 Å². The maximum atomic E-state index is 12.4. The van der Waals surface area contributed by atoms with Crippen LogP contribution in [0.4, 0.5) is 5.69 Å². The molecule has 0 spiro atoms. The Bertz CT molecular complexity index is 960. The average molecular weight is 393 g/mol. The Balaban J connectivity index is 1.86. The number of halogens is 2. The summed E-state index contributed by atoms with van der Waals surface area (Å²) in [6, 6.07) is 5.69. The third-order valence-corrected chi connectivity index (χ3v) is 4.01. The molecular formula is C15H10Cl2N6O3. The van der Waals surface area contributed by atoms with Crippen molar-refractivity contribution in [1.29, 1.82) is 0 Å². The Kier molecular flexibility index (Phi) is 5.10. The van der Waals surface area contributed by atoms with E-state index in [4.69, 9.17) is 23.2 Å². The molecular weight excluding hydrogens is 383 g/mol. The molecule has 2 heterocycles. The minimum Gasteiger partial charge on any atom is -0.465 e. The van der Waals surface area contributed by atoms with Gasteiger partial charge in [-0.2, -0.15) is 15.4 Å². The Morgan fingerprint density at radius 1 is 1.12 bits per heavy atom. The second-order valence-corrected chi connectivity index (χ2v) is 5.73. The highest BCUT2D eigenvalue weighted by atomic mass is 35.5. The molecule has 0 fully saturated rings. The number of methoxy groups -OCH3 is 1. The summed E-state index contributed by atoms with van der Waals surface area (Å²) in [5.74, 6) is -1.26. The molecule has 9 nitrogen and oxygen atoms in total. The van der Waals surface area contributed by atoms with Crippen LogP contribution >= 0.6 is 23.2 Å². The predicted molar refractivity (Wildman–Crippen MR) is 93.2 cm³/mol. The van der Waals surface area contributed by atoms with E-state index in [9.17, 15) is 9.59 Å². The SMILES string of the molecule is COC(=O)c1cc(Cl)c(Cl)cc1NC(=O)c1ccc(-c2cn[nH]n2)nn1. The highest BCUT2D eigenvalue weighted by molar-refractivity contribution is 6.42. The normalized spacial score (nSPS) is 10.4. The molecule has 2 N–H and O–H groups in total. The number of carbonyl (C=O) groups is 2. The standard InChI is InChI=1S/C15H10Cl2N6O3/c1-26-15(25)7-4-8(16)9(17)5-12(7)19-14(24)11-3-2-10(20-21-11)13-6-18-23-22-13/h2-6H,1H3,(H,19,24)(H,18,22,23). The number of aromatic nitrogens is 5. The molecule has 0 atom stereocenters. The first-order chi connectivity index (χ1) is 12.5. The Morgan fingerprint density at radius 2 is 1.88 bits per heavy atom. The second-order valence-electron chi connectivity index (χ2n) is 4.92. The van der Waals surface area contributed by atoms with Gasteiger partial charge in [-0.25, -0.2) is 4.79 Å². The number of anilines is 1. The van der Waals surface area contributed by atoms with Crippen molar-refractivity contribution in [3.8, 4) is 11.4 Å². The topological polar surface area (TPSA) is 123 Å². The molecule has 0 aliphatic rings. The van der Waals surface area contributed by atoms with Crippen LogP contribution < -0.4 is 5.32 Å². The van der Waals surface area contributed by atoms with Crippen LogP contribution in [-0.4, -0.2) is 44.6 Å². The highest BCUT2D eigenvalue weighted by Crippen LogP contribution is 2.30. The fourth-order valence-electron chi connectivity index (χ4n) is 2.03. The van der Waals surface area contributed by atoms with Gasteiger partial charge < -0.3 is 10.1 Å². The van der Waals surface area contributed by atoms with Crippen molar-refractivity contribution in [1.82, 2.24) is 25.6 Å². The quantitative estimate of drug-likeness (QED) is 0.653. The Hall–Kier alpha value is -3.04. The lowest BCUT2D eigenvalue weighted by Crippen LogP contribution is -2.17. The number of aromatic amines is 1. The molecule has 0 aliphatic heterocycles. The van der Waals surface area contributed by atoms with Crippen molar-refractivity contribution in [2.75, 3.05) is 12.4 Å². The van der Waals surface area contributed by atoms with E-state index < -0.39 is 11.9 Å². The monoisotopic (exact) mass is 392 g/mol. The zero-order chi connectivity index (χ0) is 18.7. The minimum absolute atomic E-state index is 0.0270. The molecule has 1 amide bonds. The Labute approximate surface area is 156 Å². The molecule has 0 unspecified atom stereocenters. The van der Waals surface area contributed by atoms with Crippen LogP contribution in [0.25, 0.3) is 11.4 Å². The lowest BCUT2D eigenvalue weighted by atomic mass is 10.1. The number of rotatable bonds is 4. The van der Waals surface area contributed by atoms with Gasteiger partial charge in [0.25, 0.3) is 5.91 Å². The molecule has 3 rings (SSSR count). The summed E-state index contributed by atoms with van der Waals surface area (Å²) in [6.45, 7) is 0. The molecule has 0 bridgehead atoms. The smallest absolute Gasteiger partial charge is 0.340 e. The van der Waals surface area contributed by atoms with E-state index in [0.29, 0.717) is 11.4 Å². The van der Waals surface area contributed by atoms with Crippen LogP contribution in [0.3, 0.4) is 0 Å². The second kappa shape index (κ2) is 7.46. The largest absolute Gasteiger partial charge is 0.465 e. The van der Waals surface area contributed by atoms with E-state index >= 15 is 0 Å². The van der Waals surface area contributed by atoms with E-state index in [0.717, 1.165) is 0 Å². The van der Waals surface area contributed by atoms with Gasteiger partial charge in [-0.3, -0.25) is 4.79 Å². The summed E-state index contributed by atoms with van der Waals surface area (Å²) in [4.78, 5) is 24.3. The number of nitrogens with one attached hydrogen (secondary N) is 2. The molecule has 26 heavy (non-hydrogen) atoms. The molecule has 0 radical (unpaired) electrons. The number of ether oxygens (including phenoxy) is 1. The van der Waals surface area contributed by atoms with Crippen molar-refractivity contribution in [3.05, 3.63) is 51.8 Å². The van der Waals surface area contributed by atoms with Gasteiger partial charge in [0.2, 0.25) is 0 Å². The summed E-state index contributed by atoms with van der Waals surface area (Å²) in [5, 5.41) is 20.6. The van der Waals surface area contributed by atoms with Crippen LogP contribution in [0.2, 0.25) is 10.0 Å². The molecule has 2 aromatic heterocycles. The lowest BCUT2D eigenvalue weighted by molar-refractivity contribution is 0.0602. The fourth-order valence-corrected chi connectivity index (χ4v) is 2.36. The van der Waals surface area contributed by atoms with E-state index in [2.05, 4.69) is 35.7 Å². The summed E-state index contributed by atoms with van der Waals surface area (Å²) >= 11 is 11.9. The zero-order valence-corrected chi connectivity index (χ0v) is 14.7. The summed E-state index contributed by atoms with van der Waals surface area (Å²) in [5.41, 5.74) is 1.15. The summed E-state index contributed by atoms with van der Waals surface area (Å²) in [6.07, 6.45) is 1.47. The number of carbonyl (C=O) groups excluding carboxylic acids is 2. The number of hydrogen-bond donors (Lipinski definition) is 2. The first-order valence-corrected chi connectivity index (χ1v) is 7.83. The Morgan fingerprint density at radius 3 is 2.50 bits per heavy atom. The molecule has 0 saturated heterocycles. The van der Waals surface area contributed by atoms with E-state index in [1.165, 1.54) is 31.5 Å². The van der Waals surface area contributed by atoms with Gasteiger partial charge in [0.15, 0.2) is 5.69 Å². The van der Waals surface area contributed by atoms with Gasteiger partial charge in [0.1, 0.15) is 11.4 Å². The number of nitrogens with zero attached hydrogens (tertiary/aromatic N) is 4. The van der Waals surface area contributed by atoms with Crippen molar-refractivity contribution in [2.45, 2.75) is 0 Å². The summed E-state index contributed by atoms with van der Waals surface area (Å²) in [7, 11) is 1.21. The highest BCUT2D eigenvalue weighted by Gasteiger charge is 2.18. The first kappa shape index (κ1) is 17.8. The van der Waals surface area contributed by atoms with Crippen molar-refractivity contribution in [3.63, 3.8) is 0 Å². The maximum Gasteiger partial charge on any atom is 0.340 e. The number of amides is 1. The lowest BCUT2D eigenvalue weighted by Gasteiger charge is -2.11. The minimum atomic E-state index is -0.675. The van der Waals surface area contributed by atoms with Crippen molar-refractivity contribution < 1.29 is 14.3 Å². The van der Waals surface area contributed by atoms with E-state index in [1.807, 2.05) is 0 Å². The number of H-pyrrole nitrogens is 1. The van der Waals surface area contributed by atoms with E-state index in [1.54, 1.807) is 6.07 Å². The van der Waals surface area contributed by atoms with Crippen LogP contribution in [0.15, 0.2) is 30.5 Å². The third kappa shape index (κ3) is 3.63. The van der Waals surface area contributed by atoms with Crippen molar-refractivity contribution >= 4 is 40.8 Å². The first-order valence-electron chi connectivity index (χ1n) is 7.08. The molecule has 132 valence electrons. The van der Waals surface area contributed by atoms with Gasteiger partial charge in [-0.05, 0) is 24.3 Å². The number of esters is 1. The van der Waals surface area contributed by atoms with Gasteiger partial charge in [-0.15, -0.1) is 10.2 Å². The fraction of sp³-hybridized carbons (Fsp3) is 0.0667. The number of benzene rings is 1. The molecule has 1 aromatic carbocycles. The maximum absolute atomic E-state index is 12.4. The molecule has 11 heteroatoms. The molecule has 0 aliphatic carbocycles. The average Bonchev–Trinajstić information content (AvgIpc) is 3.18. The molecule has 0 saturated carbocycles. The van der Waals surface area contributed by atoms with Gasteiger partial charge in [0.05, 0.1) is 34.6 Å². The van der Waals surface area contributed by atoms with Crippen LogP contribution in [0.5, 0.6) is 0 Å². The van der Waals surface area contributed by atoms with Gasteiger partial charge in [-0.1, -0.05) is 23.2 Å². The number of hydrogen-bond acceptors (Lipinski definition) is 7. The van der Waals surface area contributed by atoms with Gasteiger partial charge in [0, 0.05) is 0 Å². The summed E-state index contributed by atoms with van der Waals surface area (Å²) < 4.78 is 4.68. The third-order valence-electron chi connectivity index (χ3n) is 3.29. The van der Waals surface area contributed by atoms with Gasteiger partial charge >= 0.3 is 5.97 Å². The molecule has 3 aromatic rings. The zero-order valence-electron chi connectivity index (χ0n) is 13.2.